The monoisotopic (exact) mass is 441 g/mol. The Morgan fingerprint density at radius 2 is 1.90 bits per heavy atom. The molecule has 2 aliphatic heterocycles. The van der Waals surface area contributed by atoms with E-state index in [0.29, 0.717) is 28.8 Å². The van der Waals surface area contributed by atoms with E-state index in [1.165, 1.54) is 5.01 Å². The first-order valence-corrected chi connectivity index (χ1v) is 10.1. The van der Waals surface area contributed by atoms with Gasteiger partial charge in [0.05, 0.1) is 12.3 Å². The van der Waals surface area contributed by atoms with Crippen LogP contribution in [-0.4, -0.2) is 48.0 Å². The largest absolute Gasteiger partial charge is 0.494 e. The van der Waals surface area contributed by atoms with Gasteiger partial charge in [0.2, 0.25) is 5.91 Å². The van der Waals surface area contributed by atoms with Gasteiger partial charge >= 0.3 is 0 Å². The zero-order valence-corrected chi connectivity index (χ0v) is 17.7. The van der Waals surface area contributed by atoms with Crippen LogP contribution in [0.2, 0.25) is 5.02 Å². The molecular formula is C21H20ClN5O4. The van der Waals surface area contributed by atoms with E-state index in [-0.39, 0.29) is 6.54 Å². The van der Waals surface area contributed by atoms with Gasteiger partial charge in [-0.05, 0) is 55.8 Å². The number of aryl methyl sites for hydroxylation is 1. The number of carbonyl (C=O) groups excluding carboxylic acids is 3. The van der Waals surface area contributed by atoms with Crippen molar-refractivity contribution in [2.45, 2.75) is 25.9 Å². The van der Waals surface area contributed by atoms with Gasteiger partial charge in [-0.2, -0.15) is 5.11 Å². The summed E-state index contributed by atoms with van der Waals surface area (Å²) < 4.78 is 5.39. The molecule has 0 spiro atoms. The predicted molar refractivity (Wildman–Crippen MR) is 114 cm³/mol. The number of ether oxygens (including phenoxy) is 1. The van der Waals surface area contributed by atoms with Gasteiger partial charge in [0, 0.05) is 10.7 Å². The lowest BCUT2D eigenvalue weighted by Crippen LogP contribution is -2.43. The van der Waals surface area contributed by atoms with Crippen molar-refractivity contribution in [1.29, 1.82) is 0 Å². The number of fused-ring (bicyclic) bond motifs is 1. The third kappa shape index (κ3) is 3.96. The molecule has 0 saturated carbocycles. The van der Waals surface area contributed by atoms with E-state index < -0.39 is 29.8 Å². The van der Waals surface area contributed by atoms with Crippen LogP contribution >= 0.6 is 11.6 Å². The molecule has 9 nitrogen and oxygen atoms in total. The molecule has 31 heavy (non-hydrogen) atoms. The highest BCUT2D eigenvalue weighted by atomic mass is 35.5. The lowest BCUT2D eigenvalue weighted by Gasteiger charge is -2.20. The summed E-state index contributed by atoms with van der Waals surface area (Å²) >= 11 is 5.99. The SMILES string of the molecule is CCOc1ccc(N2C(=O)[C@@H]3N=NN(CC(=O)Nc4cc(Cl)ccc4C)[C@H]3C2=O)cc1. The molecular weight excluding hydrogens is 422 g/mol. The minimum atomic E-state index is -0.972. The Morgan fingerprint density at radius 1 is 1.16 bits per heavy atom. The Bertz CT molecular complexity index is 1070. The van der Waals surface area contributed by atoms with Gasteiger partial charge in [-0.1, -0.05) is 22.9 Å². The molecule has 0 aromatic heterocycles. The second-order valence-corrected chi connectivity index (χ2v) is 7.57. The molecule has 0 radical (unpaired) electrons. The van der Waals surface area contributed by atoms with E-state index in [9.17, 15) is 14.4 Å². The number of rotatable bonds is 6. The summed E-state index contributed by atoms with van der Waals surface area (Å²) in [5, 5.41) is 12.3. The van der Waals surface area contributed by atoms with Crippen molar-refractivity contribution < 1.29 is 19.1 Å². The Balaban J connectivity index is 1.47. The Morgan fingerprint density at radius 3 is 2.61 bits per heavy atom. The molecule has 10 heteroatoms. The Hall–Kier alpha value is -3.46. The molecule has 0 aliphatic carbocycles. The molecule has 1 fully saturated rings. The van der Waals surface area contributed by atoms with Crippen molar-refractivity contribution in [2.24, 2.45) is 10.3 Å². The quantitative estimate of drug-likeness (QED) is 0.694. The van der Waals surface area contributed by atoms with E-state index in [1.807, 2.05) is 13.8 Å². The first-order valence-electron chi connectivity index (χ1n) is 9.73. The minimum Gasteiger partial charge on any atom is -0.494 e. The summed E-state index contributed by atoms with van der Waals surface area (Å²) in [5.41, 5.74) is 1.82. The number of carbonyl (C=O) groups is 3. The van der Waals surface area contributed by atoms with E-state index in [1.54, 1.807) is 42.5 Å². The zero-order valence-electron chi connectivity index (χ0n) is 16.9. The van der Waals surface area contributed by atoms with Gasteiger partial charge in [0.15, 0.2) is 12.1 Å². The van der Waals surface area contributed by atoms with Crippen LogP contribution in [0, 0.1) is 6.92 Å². The van der Waals surface area contributed by atoms with Gasteiger partial charge in [0.1, 0.15) is 12.3 Å². The number of benzene rings is 2. The van der Waals surface area contributed by atoms with Gasteiger partial charge in [-0.15, -0.1) is 0 Å². The Labute approximate surface area is 183 Å². The van der Waals surface area contributed by atoms with Gasteiger partial charge in [-0.3, -0.25) is 19.4 Å². The number of anilines is 2. The maximum atomic E-state index is 13.0. The fourth-order valence-corrected chi connectivity index (χ4v) is 3.70. The molecule has 2 atom stereocenters. The van der Waals surface area contributed by atoms with E-state index in [2.05, 4.69) is 15.7 Å². The van der Waals surface area contributed by atoms with Crippen LogP contribution in [0.4, 0.5) is 11.4 Å². The van der Waals surface area contributed by atoms with Crippen LogP contribution in [0.3, 0.4) is 0 Å². The molecule has 4 rings (SSSR count). The highest BCUT2D eigenvalue weighted by Crippen LogP contribution is 2.32. The summed E-state index contributed by atoms with van der Waals surface area (Å²) in [5.74, 6) is -0.711. The van der Waals surface area contributed by atoms with Crippen molar-refractivity contribution in [3.05, 3.63) is 53.1 Å². The van der Waals surface area contributed by atoms with Crippen molar-refractivity contribution in [3.63, 3.8) is 0 Å². The number of amides is 3. The van der Waals surface area contributed by atoms with Crippen molar-refractivity contribution in [1.82, 2.24) is 5.01 Å². The molecule has 3 amide bonds. The molecule has 0 bridgehead atoms. The molecule has 2 heterocycles. The van der Waals surface area contributed by atoms with E-state index in [0.717, 1.165) is 10.5 Å². The smallest absolute Gasteiger partial charge is 0.263 e. The van der Waals surface area contributed by atoms with Crippen LogP contribution in [0.1, 0.15) is 12.5 Å². The van der Waals surface area contributed by atoms with Gasteiger partial charge < -0.3 is 10.1 Å². The second-order valence-electron chi connectivity index (χ2n) is 7.14. The minimum absolute atomic E-state index is 0.229. The first kappa shape index (κ1) is 20.8. The van der Waals surface area contributed by atoms with Crippen molar-refractivity contribution >= 4 is 40.7 Å². The number of imide groups is 1. The lowest BCUT2D eigenvalue weighted by molar-refractivity contribution is -0.123. The fraction of sp³-hybridized carbons (Fsp3) is 0.286. The number of hydrogen-bond acceptors (Lipinski definition) is 7. The standard InChI is InChI=1S/C21H20ClN5O4/c1-3-31-15-8-6-14(7-9-15)27-20(29)18-19(21(27)30)26(25-24-18)11-17(28)23-16-10-13(22)5-4-12(16)2/h4-10,18-19H,3,11H2,1-2H3,(H,23,28)/t18-,19-/m1/s1. The molecule has 1 saturated heterocycles. The van der Waals surface area contributed by atoms with Gasteiger partial charge in [-0.25, -0.2) is 4.90 Å². The summed E-state index contributed by atoms with van der Waals surface area (Å²) in [6.45, 7) is 3.99. The van der Waals surface area contributed by atoms with E-state index >= 15 is 0 Å². The number of nitrogens with one attached hydrogen (secondary N) is 1. The third-order valence-corrected chi connectivity index (χ3v) is 5.28. The highest BCUT2D eigenvalue weighted by Gasteiger charge is 2.55. The second kappa shape index (κ2) is 8.35. The summed E-state index contributed by atoms with van der Waals surface area (Å²) in [6, 6.07) is 9.88. The molecule has 1 N–H and O–H groups in total. The summed E-state index contributed by atoms with van der Waals surface area (Å²) in [7, 11) is 0. The predicted octanol–water partition coefficient (Wildman–Crippen LogP) is 2.98. The fourth-order valence-electron chi connectivity index (χ4n) is 3.53. The van der Waals surface area contributed by atoms with Crippen LogP contribution in [0.25, 0.3) is 0 Å². The third-order valence-electron chi connectivity index (χ3n) is 5.04. The van der Waals surface area contributed by atoms with Crippen molar-refractivity contribution in [3.8, 4) is 5.75 Å². The van der Waals surface area contributed by atoms with Crippen LogP contribution in [-0.2, 0) is 14.4 Å². The van der Waals surface area contributed by atoms with E-state index in [4.69, 9.17) is 16.3 Å². The van der Waals surface area contributed by atoms with Crippen molar-refractivity contribution in [2.75, 3.05) is 23.4 Å². The molecule has 2 aromatic rings. The normalized spacial score (nSPS) is 19.7. The van der Waals surface area contributed by atoms with Gasteiger partial charge in [0.25, 0.3) is 11.8 Å². The number of halogens is 1. The average Bonchev–Trinajstić information content (AvgIpc) is 3.25. The highest BCUT2D eigenvalue weighted by molar-refractivity contribution is 6.31. The Kier molecular flexibility index (Phi) is 5.60. The molecule has 2 aromatic carbocycles. The average molecular weight is 442 g/mol. The lowest BCUT2D eigenvalue weighted by atomic mass is 10.1. The van der Waals surface area contributed by atoms with Crippen LogP contribution < -0.4 is 15.0 Å². The zero-order chi connectivity index (χ0) is 22.1. The molecule has 0 unspecified atom stereocenters. The molecule has 2 aliphatic rings. The maximum absolute atomic E-state index is 13.0. The van der Waals surface area contributed by atoms with Crippen LogP contribution in [0.5, 0.6) is 5.75 Å². The molecule has 160 valence electrons. The first-order chi connectivity index (χ1) is 14.9. The topological polar surface area (TPSA) is 104 Å². The maximum Gasteiger partial charge on any atom is 0.263 e. The number of hydrogen-bond donors (Lipinski definition) is 1. The summed E-state index contributed by atoms with van der Waals surface area (Å²) in [6.07, 6.45) is 0. The van der Waals surface area contributed by atoms with Crippen LogP contribution in [0.15, 0.2) is 52.8 Å². The summed E-state index contributed by atoms with van der Waals surface area (Å²) in [4.78, 5) is 39.4. The number of nitrogens with zero attached hydrogens (tertiary/aromatic N) is 4.